The standard InChI is InChI=1S/C25H26N4O3S/c1-33(30,31)20-7-4-17(5-8-20)24-9-6-19(12-26-24)32-15-23-21-13-29(14-22(21)23)25-27-10-18(11-28-25)16-2-3-16/h4-12,16,21-23H,2-3,13-15H2,1H3/t21-,22?,23?/m1/s1. The normalized spacial score (nSPS) is 23.9. The second-order valence-electron chi connectivity index (χ2n) is 9.47. The smallest absolute Gasteiger partial charge is 0.225 e. The van der Waals surface area contributed by atoms with Gasteiger partial charge in [-0.2, -0.15) is 0 Å². The third kappa shape index (κ3) is 4.19. The first-order valence-electron chi connectivity index (χ1n) is 11.4. The van der Waals surface area contributed by atoms with Gasteiger partial charge in [0, 0.05) is 43.2 Å². The van der Waals surface area contributed by atoms with Crippen molar-refractivity contribution in [2.75, 3.05) is 30.9 Å². The molecular formula is C25H26N4O3S. The zero-order chi connectivity index (χ0) is 22.6. The average molecular weight is 463 g/mol. The number of benzene rings is 1. The third-order valence-electron chi connectivity index (χ3n) is 7.12. The molecule has 3 atom stereocenters. The van der Waals surface area contributed by atoms with Crippen LogP contribution in [0.15, 0.2) is 59.9 Å². The predicted molar refractivity (Wildman–Crippen MR) is 125 cm³/mol. The summed E-state index contributed by atoms with van der Waals surface area (Å²) in [4.78, 5) is 16.3. The Morgan fingerprint density at radius 2 is 1.64 bits per heavy atom. The Balaban J connectivity index is 1.01. The number of ether oxygens (including phenoxy) is 1. The van der Waals surface area contributed by atoms with E-state index in [0.29, 0.717) is 35.2 Å². The summed E-state index contributed by atoms with van der Waals surface area (Å²) in [5, 5.41) is 0. The minimum atomic E-state index is -3.20. The molecule has 7 nitrogen and oxygen atoms in total. The summed E-state index contributed by atoms with van der Waals surface area (Å²) in [6, 6.07) is 10.6. The van der Waals surface area contributed by atoms with E-state index in [1.54, 1.807) is 30.5 Å². The van der Waals surface area contributed by atoms with Crippen LogP contribution in [0, 0.1) is 17.8 Å². The molecule has 2 saturated carbocycles. The molecule has 8 heteroatoms. The molecule has 0 amide bonds. The summed E-state index contributed by atoms with van der Waals surface area (Å²) in [6.45, 7) is 2.71. The lowest BCUT2D eigenvalue weighted by Crippen LogP contribution is -2.27. The maximum absolute atomic E-state index is 11.6. The number of sulfone groups is 1. The fourth-order valence-electron chi connectivity index (χ4n) is 4.88. The van der Waals surface area contributed by atoms with Crippen molar-refractivity contribution in [2.45, 2.75) is 23.7 Å². The number of hydrogen-bond acceptors (Lipinski definition) is 7. The molecule has 0 bridgehead atoms. The van der Waals surface area contributed by atoms with Crippen LogP contribution in [-0.2, 0) is 9.84 Å². The third-order valence-corrected chi connectivity index (χ3v) is 8.25. The van der Waals surface area contributed by atoms with Crippen LogP contribution in [0.5, 0.6) is 5.75 Å². The quantitative estimate of drug-likeness (QED) is 0.530. The first kappa shape index (κ1) is 20.6. The van der Waals surface area contributed by atoms with E-state index < -0.39 is 9.84 Å². The van der Waals surface area contributed by atoms with Gasteiger partial charge in [-0.25, -0.2) is 18.4 Å². The van der Waals surface area contributed by atoms with Gasteiger partial charge in [0.25, 0.3) is 0 Å². The maximum atomic E-state index is 11.6. The summed E-state index contributed by atoms with van der Waals surface area (Å²) in [5.41, 5.74) is 2.94. The van der Waals surface area contributed by atoms with E-state index in [-0.39, 0.29) is 0 Å². The number of pyridine rings is 1. The van der Waals surface area contributed by atoms with Gasteiger partial charge in [-0.3, -0.25) is 4.98 Å². The van der Waals surface area contributed by atoms with Crippen molar-refractivity contribution in [2.24, 2.45) is 17.8 Å². The monoisotopic (exact) mass is 462 g/mol. The number of hydrogen-bond donors (Lipinski definition) is 0. The molecule has 3 aliphatic rings. The van der Waals surface area contributed by atoms with Gasteiger partial charge < -0.3 is 9.64 Å². The highest BCUT2D eigenvalue weighted by Gasteiger charge is 2.56. The van der Waals surface area contributed by atoms with Crippen LogP contribution < -0.4 is 9.64 Å². The van der Waals surface area contributed by atoms with Crippen LogP contribution in [0.3, 0.4) is 0 Å². The maximum Gasteiger partial charge on any atom is 0.225 e. The highest BCUT2D eigenvalue weighted by atomic mass is 32.2. The minimum absolute atomic E-state index is 0.307. The molecule has 2 aromatic heterocycles. The fourth-order valence-corrected chi connectivity index (χ4v) is 5.51. The SMILES string of the molecule is CS(=O)(=O)c1ccc(-c2ccc(OCC3C4CN(c5ncc(C6CC6)cn5)C[C@@H]34)cn2)cc1. The Bertz CT molecular complexity index is 1240. The molecule has 6 rings (SSSR count). The van der Waals surface area contributed by atoms with Gasteiger partial charge in [0.05, 0.1) is 23.4 Å². The van der Waals surface area contributed by atoms with Gasteiger partial charge in [-0.1, -0.05) is 12.1 Å². The van der Waals surface area contributed by atoms with Gasteiger partial charge in [-0.15, -0.1) is 0 Å². The van der Waals surface area contributed by atoms with Crippen LogP contribution in [-0.4, -0.2) is 49.3 Å². The van der Waals surface area contributed by atoms with E-state index in [2.05, 4.69) is 19.9 Å². The molecule has 1 saturated heterocycles. The number of nitrogens with zero attached hydrogens (tertiary/aromatic N) is 4. The van der Waals surface area contributed by atoms with Crippen LogP contribution in [0.2, 0.25) is 0 Å². The lowest BCUT2D eigenvalue weighted by molar-refractivity contribution is 0.282. The van der Waals surface area contributed by atoms with Crippen LogP contribution >= 0.6 is 0 Å². The zero-order valence-corrected chi connectivity index (χ0v) is 19.3. The first-order valence-corrected chi connectivity index (χ1v) is 13.3. The highest BCUT2D eigenvalue weighted by Crippen LogP contribution is 2.52. The molecule has 170 valence electrons. The Morgan fingerprint density at radius 1 is 0.939 bits per heavy atom. The van der Waals surface area contributed by atoms with Crippen molar-refractivity contribution >= 4 is 15.8 Å². The van der Waals surface area contributed by atoms with E-state index >= 15 is 0 Å². The van der Waals surface area contributed by atoms with Gasteiger partial charge in [0.15, 0.2) is 9.84 Å². The first-order chi connectivity index (χ1) is 16.0. The summed E-state index contributed by atoms with van der Waals surface area (Å²) in [6.07, 6.45) is 9.49. The predicted octanol–water partition coefficient (Wildman–Crippen LogP) is 3.58. The molecule has 0 N–H and O–H groups in total. The number of rotatable bonds is 7. The van der Waals surface area contributed by atoms with Crippen molar-refractivity contribution < 1.29 is 13.2 Å². The summed E-state index contributed by atoms with van der Waals surface area (Å²) in [7, 11) is -3.20. The molecule has 1 aromatic carbocycles. The Kier molecular flexibility index (Phi) is 4.87. The molecule has 33 heavy (non-hydrogen) atoms. The topological polar surface area (TPSA) is 85.3 Å². The number of fused-ring (bicyclic) bond motifs is 1. The van der Waals surface area contributed by atoms with Gasteiger partial charge in [-0.05, 0) is 60.4 Å². The summed E-state index contributed by atoms with van der Waals surface area (Å²) in [5.74, 6) is 4.18. The number of aromatic nitrogens is 3. The van der Waals surface area contributed by atoms with E-state index in [0.717, 1.165) is 36.0 Å². The average Bonchev–Trinajstić information content (AvgIpc) is 3.74. The molecule has 3 fully saturated rings. The molecule has 0 spiro atoms. The van der Waals surface area contributed by atoms with Crippen LogP contribution in [0.1, 0.15) is 24.3 Å². The van der Waals surface area contributed by atoms with Crippen molar-refractivity contribution in [3.05, 3.63) is 60.6 Å². The number of piperidine rings is 1. The molecule has 1 aliphatic heterocycles. The Morgan fingerprint density at radius 3 is 2.21 bits per heavy atom. The van der Waals surface area contributed by atoms with Crippen molar-refractivity contribution in [1.29, 1.82) is 0 Å². The van der Waals surface area contributed by atoms with E-state index in [9.17, 15) is 8.42 Å². The summed E-state index contributed by atoms with van der Waals surface area (Å²) < 4.78 is 29.2. The Hall–Kier alpha value is -3.00. The molecular weight excluding hydrogens is 436 g/mol. The van der Waals surface area contributed by atoms with Crippen LogP contribution in [0.4, 0.5) is 5.95 Å². The van der Waals surface area contributed by atoms with Crippen molar-refractivity contribution in [1.82, 2.24) is 15.0 Å². The molecule has 2 unspecified atom stereocenters. The largest absolute Gasteiger partial charge is 0.492 e. The zero-order valence-electron chi connectivity index (χ0n) is 18.5. The second-order valence-corrected chi connectivity index (χ2v) is 11.5. The Labute approximate surface area is 193 Å². The lowest BCUT2D eigenvalue weighted by atomic mass is 10.1. The molecule has 0 radical (unpaired) electrons. The van der Waals surface area contributed by atoms with Gasteiger partial charge >= 0.3 is 0 Å². The summed E-state index contributed by atoms with van der Waals surface area (Å²) >= 11 is 0. The fraction of sp³-hybridized carbons (Fsp3) is 0.400. The molecule has 3 heterocycles. The van der Waals surface area contributed by atoms with Crippen LogP contribution in [0.25, 0.3) is 11.3 Å². The van der Waals surface area contributed by atoms with Gasteiger partial charge in [0.1, 0.15) is 5.75 Å². The molecule has 2 aliphatic carbocycles. The van der Waals surface area contributed by atoms with E-state index in [4.69, 9.17) is 4.74 Å². The van der Waals surface area contributed by atoms with E-state index in [1.807, 2.05) is 24.5 Å². The van der Waals surface area contributed by atoms with Crippen molar-refractivity contribution in [3.8, 4) is 17.0 Å². The van der Waals surface area contributed by atoms with E-state index in [1.165, 1.54) is 24.7 Å². The minimum Gasteiger partial charge on any atom is -0.492 e. The van der Waals surface area contributed by atoms with Crippen molar-refractivity contribution in [3.63, 3.8) is 0 Å². The van der Waals surface area contributed by atoms with Gasteiger partial charge in [0.2, 0.25) is 5.95 Å². The lowest BCUT2D eigenvalue weighted by Gasteiger charge is -2.20. The molecule has 3 aromatic rings. The highest BCUT2D eigenvalue weighted by molar-refractivity contribution is 7.90. The second kappa shape index (κ2) is 7.80. The number of anilines is 1.